The first-order valence-corrected chi connectivity index (χ1v) is 8.88. The van der Waals surface area contributed by atoms with Gasteiger partial charge in [-0.25, -0.2) is 17.6 Å². The fourth-order valence-electron chi connectivity index (χ4n) is 3.52. The molecule has 1 aliphatic rings. The Bertz CT molecular complexity index is 795. The Balaban J connectivity index is 1.58. The fraction of sp³-hybridized carbons (Fsp3) is 0.429. The summed E-state index contributed by atoms with van der Waals surface area (Å²) in [5.74, 6) is -3.29. The van der Waals surface area contributed by atoms with Crippen LogP contribution in [0.5, 0.6) is 0 Å². The van der Waals surface area contributed by atoms with Crippen molar-refractivity contribution in [2.45, 2.75) is 58.2 Å². The Kier molecular flexibility index (Phi) is 5.66. The second kappa shape index (κ2) is 7.78. The first-order valence-electron chi connectivity index (χ1n) is 8.88. The summed E-state index contributed by atoms with van der Waals surface area (Å²) in [6.45, 7) is 3.06. The summed E-state index contributed by atoms with van der Waals surface area (Å²) in [6, 6.07) is 6.32. The molecule has 2 aromatic rings. The fourth-order valence-corrected chi connectivity index (χ4v) is 3.52. The minimum absolute atomic E-state index is 0.00584. The quantitative estimate of drug-likeness (QED) is 0.594. The number of halogens is 4. The third-order valence-electron chi connectivity index (χ3n) is 5.25. The van der Waals surface area contributed by atoms with Crippen molar-refractivity contribution in [3.63, 3.8) is 0 Å². The van der Waals surface area contributed by atoms with Crippen molar-refractivity contribution >= 4 is 0 Å². The second-order valence-electron chi connectivity index (χ2n) is 7.05. The molecule has 0 heterocycles. The number of aryl methyl sites for hydroxylation is 2. The van der Waals surface area contributed by atoms with Crippen molar-refractivity contribution in [1.82, 2.24) is 0 Å². The van der Waals surface area contributed by atoms with Crippen LogP contribution in [0.2, 0.25) is 0 Å². The Morgan fingerprint density at radius 1 is 0.769 bits per heavy atom. The van der Waals surface area contributed by atoms with E-state index in [-0.39, 0.29) is 29.8 Å². The molecule has 0 aliphatic heterocycles. The molecule has 3 rings (SSSR count). The molecule has 0 radical (unpaired) electrons. The zero-order valence-corrected chi connectivity index (χ0v) is 14.9. The predicted octanol–water partition coefficient (Wildman–Crippen LogP) is 6.10. The third kappa shape index (κ3) is 3.78. The standard InChI is InChI=1S/C21H22F4O/c1-12-3-5-15(20(24)18(12)22)11-26-16-8-6-14(7-9-16)17-10-4-13(2)19(23)21(17)25/h3-5,10,14,16H,6-9,11H2,1-2H3. The van der Waals surface area contributed by atoms with E-state index in [1.165, 1.54) is 19.1 Å². The maximum absolute atomic E-state index is 14.1. The molecule has 0 amide bonds. The molecule has 0 N–H and O–H groups in total. The second-order valence-corrected chi connectivity index (χ2v) is 7.05. The van der Waals surface area contributed by atoms with E-state index in [1.54, 1.807) is 19.1 Å². The van der Waals surface area contributed by atoms with Gasteiger partial charge in [-0.1, -0.05) is 24.3 Å². The van der Waals surface area contributed by atoms with Gasteiger partial charge in [0.15, 0.2) is 23.3 Å². The summed E-state index contributed by atoms with van der Waals surface area (Å²) in [4.78, 5) is 0. The summed E-state index contributed by atoms with van der Waals surface area (Å²) in [6.07, 6.45) is 2.61. The summed E-state index contributed by atoms with van der Waals surface area (Å²) < 4.78 is 61.1. The number of hydrogen-bond donors (Lipinski definition) is 0. The molecule has 0 spiro atoms. The SMILES string of the molecule is Cc1ccc(COC2CCC(c3ccc(C)c(F)c3F)CC2)c(F)c1F. The topological polar surface area (TPSA) is 9.23 Å². The van der Waals surface area contributed by atoms with E-state index in [1.807, 2.05) is 0 Å². The highest BCUT2D eigenvalue weighted by Gasteiger charge is 2.26. The molecule has 0 unspecified atom stereocenters. The molecular formula is C21H22F4O. The van der Waals surface area contributed by atoms with Crippen LogP contribution in [0.3, 0.4) is 0 Å². The third-order valence-corrected chi connectivity index (χ3v) is 5.25. The van der Waals surface area contributed by atoms with Crippen LogP contribution in [0, 0.1) is 37.1 Å². The van der Waals surface area contributed by atoms with Gasteiger partial charge >= 0.3 is 0 Å². The van der Waals surface area contributed by atoms with Crippen LogP contribution in [-0.4, -0.2) is 6.10 Å². The highest BCUT2D eigenvalue weighted by molar-refractivity contribution is 5.28. The predicted molar refractivity (Wildman–Crippen MR) is 92.0 cm³/mol. The summed E-state index contributed by atoms with van der Waals surface area (Å²) in [5.41, 5.74) is 1.18. The molecule has 1 aliphatic carbocycles. The van der Waals surface area contributed by atoms with Crippen molar-refractivity contribution in [2.24, 2.45) is 0 Å². The summed E-state index contributed by atoms with van der Waals surface area (Å²) >= 11 is 0. The maximum atomic E-state index is 14.1. The largest absolute Gasteiger partial charge is 0.373 e. The lowest BCUT2D eigenvalue weighted by Crippen LogP contribution is -2.21. The zero-order valence-electron chi connectivity index (χ0n) is 14.9. The molecule has 0 saturated heterocycles. The van der Waals surface area contributed by atoms with Gasteiger partial charge in [-0.2, -0.15) is 0 Å². The molecule has 1 nitrogen and oxygen atoms in total. The maximum Gasteiger partial charge on any atom is 0.164 e. The highest BCUT2D eigenvalue weighted by Crippen LogP contribution is 2.36. The molecule has 0 aromatic heterocycles. The van der Waals surface area contributed by atoms with Gasteiger partial charge in [-0.3, -0.25) is 0 Å². The lowest BCUT2D eigenvalue weighted by atomic mass is 9.82. The van der Waals surface area contributed by atoms with E-state index < -0.39 is 23.3 Å². The number of hydrogen-bond acceptors (Lipinski definition) is 1. The van der Waals surface area contributed by atoms with Crippen LogP contribution in [0.25, 0.3) is 0 Å². The monoisotopic (exact) mass is 366 g/mol. The van der Waals surface area contributed by atoms with E-state index in [2.05, 4.69) is 0 Å². The average molecular weight is 366 g/mol. The molecule has 1 fully saturated rings. The van der Waals surface area contributed by atoms with Crippen molar-refractivity contribution in [1.29, 1.82) is 0 Å². The molecule has 0 bridgehead atoms. The van der Waals surface area contributed by atoms with Gasteiger partial charge in [0.1, 0.15) is 0 Å². The van der Waals surface area contributed by atoms with E-state index in [4.69, 9.17) is 4.74 Å². The lowest BCUT2D eigenvalue weighted by Gasteiger charge is -2.29. The van der Waals surface area contributed by atoms with Crippen LogP contribution in [0.1, 0.15) is 53.9 Å². The minimum atomic E-state index is -0.865. The van der Waals surface area contributed by atoms with E-state index in [9.17, 15) is 17.6 Å². The van der Waals surface area contributed by atoms with E-state index >= 15 is 0 Å². The first kappa shape index (κ1) is 18.9. The van der Waals surface area contributed by atoms with Crippen molar-refractivity contribution in [3.8, 4) is 0 Å². The first-order chi connectivity index (χ1) is 12.4. The van der Waals surface area contributed by atoms with Gasteiger partial charge in [0.2, 0.25) is 0 Å². The van der Waals surface area contributed by atoms with Crippen molar-refractivity contribution in [2.75, 3.05) is 0 Å². The van der Waals surface area contributed by atoms with E-state index in [0.717, 1.165) is 0 Å². The Hall–Kier alpha value is -1.88. The molecule has 1 saturated carbocycles. The van der Waals surface area contributed by atoms with Crippen LogP contribution in [0.4, 0.5) is 17.6 Å². The molecule has 5 heteroatoms. The Labute approximate surface area is 151 Å². The smallest absolute Gasteiger partial charge is 0.164 e. The lowest BCUT2D eigenvalue weighted by molar-refractivity contribution is 0.0116. The molecular weight excluding hydrogens is 344 g/mol. The molecule has 140 valence electrons. The van der Waals surface area contributed by atoms with Gasteiger partial charge in [0.05, 0.1) is 12.7 Å². The van der Waals surface area contributed by atoms with E-state index in [0.29, 0.717) is 36.8 Å². The molecule has 0 atom stereocenters. The number of rotatable bonds is 4. The summed E-state index contributed by atoms with van der Waals surface area (Å²) in [7, 11) is 0. The van der Waals surface area contributed by atoms with Crippen LogP contribution >= 0.6 is 0 Å². The van der Waals surface area contributed by atoms with Gasteiger partial charge < -0.3 is 4.74 Å². The minimum Gasteiger partial charge on any atom is -0.373 e. The van der Waals surface area contributed by atoms with Crippen LogP contribution in [-0.2, 0) is 11.3 Å². The van der Waals surface area contributed by atoms with Crippen molar-refractivity contribution in [3.05, 3.63) is 69.8 Å². The Morgan fingerprint density at radius 2 is 1.35 bits per heavy atom. The van der Waals surface area contributed by atoms with Gasteiger partial charge in [0, 0.05) is 5.56 Å². The van der Waals surface area contributed by atoms with Crippen LogP contribution in [0.15, 0.2) is 24.3 Å². The van der Waals surface area contributed by atoms with Gasteiger partial charge in [-0.15, -0.1) is 0 Å². The number of benzene rings is 2. The van der Waals surface area contributed by atoms with Gasteiger partial charge in [-0.05, 0) is 62.1 Å². The highest BCUT2D eigenvalue weighted by atomic mass is 19.2. The number of ether oxygens (including phenoxy) is 1. The normalized spacial score (nSPS) is 20.4. The average Bonchev–Trinajstić information content (AvgIpc) is 2.64. The Morgan fingerprint density at radius 3 is 2.00 bits per heavy atom. The molecule has 2 aromatic carbocycles. The van der Waals surface area contributed by atoms with Gasteiger partial charge in [0.25, 0.3) is 0 Å². The van der Waals surface area contributed by atoms with Crippen molar-refractivity contribution < 1.29 is 22.3 Å². The molecule has 26 heavy (non-hydrogen) atoms. The summed E-state index contributed by atoms with van der Waals surface area (Å²) in [5, 5.41) is 0. The van der Waals surface area contributed by atoms with Crippen LogP contribution < -0.4 is 0 Å². The zero-order chi connectivity index (χ0) is 18.8.